The smallest absolute Gasteiger partial charge is 0.0398 e. The minimum atomic E-state index is 0.636. The van der Waals surface area contributed by atoms with Crippen LogP contribution < -0.4 is 10.6 Å². The summed E-state index contributed by atoms with van der Waals surface area (Å²) in [4.78, 5) is 2.51. The summed E-state index contributed by atoms with van der Waals surface area (Å²) in [5, 5.41) is 0. The molecule has 0 radical (unpaired) electrons. The van der Waals surface area contributed by atoms with Crippen LogP contribution in [0.3, 0.4) is 0 Å². The Morgan fingerprint density at radius 2 is 2.13 bits per heavy atom. The SMILES string of the molecule is CCN(c1ccc(CN)cc1C)C1CC1. The van der Waals surface area contributed by atoms with Gasteiger partial charge in [-0.1, -0.05) is 12.1 Å². The van der Waals surface area contributed by atoms with Crippen LogP contribution in [0, 0.1) is 6.92 Å². The summed E-state index contributed by atoms with van der Waals surface area (Å²) in [5.41, 5.74) is 9.60. The van der Waals surface area contributed by atoms with Gasteiger partial charge in [0.1, 0.15) is 0 Å². The van der Waals surface area contributed by atoms with Crippen LogP contribution in [0.25, 0.3) is 0 Å². The number of benzene rings is 1. The molecule has 2 nitrogen and oxygen atoms in total. The van der Waals surface area contributed by atoms with Crippen molar-refractivity contribution in [3.8, 4) is 0 Å². The number of nitrogens with zero attached hydrogens (tertiary/aromatic N) is 1. The minimum Gasteiger partial charge on any atom is -0.369 e. The van der Waals surface area contributed by atoms with Gasteiger partial charge in [0, 0.05) is 24.8 Å². The monoisotopic (exact) mass is 204 g/mol. The van der Waals surface area contributed by atoms with Gasteiger partial charge in [0.2, 0.25) is 0 Å². The molecule has 2 N–H and O–H groups in total. The maximum atomic E-state index is 5.64. The fourth-order valence-electron chi connectivity index (χ4n) is 2.18. The second-order valence-corrected chi connectivity index (χ2v) is 4.34. The van der Waals surface area contributed by atoms with Crippen molar-refractivity contribution in [1.82, 2.24) is 0 Å². The molecule has 1 aromatic rings. The summed E-state index contributed by atoms with van der Waals surface area (Å²) in [7, 11) is 0. The van der Waals surface area contributed by atoms with E-state index in [-0.39, 0.29) is 0 Å². The second-order valence-electron chi connectivity index (χ2n) is 4.34. The minimum absolute atomic E-state index is 0.636. The predicted molar refractivity (Wildman–Crippen MR) is 65.1 cm³/mol. The fraction of sp³-hybridized carbons (Fsp3) is 0.538. The summed E-state index contributed by atoms with van der Waals surface area (Å²) in [5.74, 6) is 0. The van der Waals surface area contributed by atoms with Crippen molar-refractivity contribution in [1.29, 1.82) is 0 Å². The number of aryl methyl sites for hydroxylation is 1. The van der Waals surface area contributed by atoms with Crippen LogP contribution in [0.4, 0.5) is 5.69 Å². The van der Waals surface area contributed by atoms with E-state index in [1.807, 2.05) is 0 Å². The first-order valence-corrected chi connectivity index (χ1v) is 5.82. The second kappa shape index (κ2) is 4.23. The van der Waals surface area contributed by atoms with E-state index < -0.39 is 0 Å². The molecule has 0 atom stereocenters. The first-order valence-electron chi connectivity index (χ1n) is 5.82. The van der Waals surface area contributed by atoms with E-state index in [0.29, 0.717) is 6.54 Å². The molecule has 15 heavy (non-hydrogen) atoms. The molecule has 1 aliphatic carbocycles. The van der Waals surface area contributed by atoms with Crippen molar-refractivity contribution in [3.63, 3.8) is 0 Å². The zero-order chi connectivity index (χ0) is 10.8. The molecule has 1 aromatic carbocycles. The van der Waals surface area contributed by atoms with Gasteiger partial charge in [-0.15, -0.1) is 0 Å². The molecular formula is C13H20N2. The molecule has 0 saturated heterocycles. The Morgan fingerprint density at radius 3 is 2.60 bits per heavy atom. The molecule has 0 unspecified atom stereocenters. The van der Waals surface area contributed by atoms with Crippen LogP contribution >= 0.6 is 0 Å². The molecule has 0 heterocycles. The highest BCUT2D eigenvalue weighted by Crippen LogP contribution is 2.33. The summed E-state index contributed by atoms with van der Waals surface area (Å²) >= 11 is 0. The summed E-state index contributed by atoms with van der Waals surface area (Å²) in [6.45, 7) is 6.15. The lowest BCUT2D eigenvalue weighted by molar-refractivity contribution is 0.821. The number of nitrogens with two attached hydrogens (primary N) is 1. The number of anilines is 1. The molecule has 1 aliphatic rings. The van der Waals surface area contributed by atoms with Gasteiger partial charge in [-0.2, -0.15) is 0 Å². The molecule has 82 valence electrons. The Kier molecular flexibility index (Phi) is 2.96. The van der Waals surface area contributed by atoms with Gasteiger partial charge >= 0.3 is 0 Å². The topological polar surface area (TPSA) is 29.3 Å². The zero-order valence-electron chi connectivity index (χ0n) is 9.66. The Bertz CT molecular complexity index is 342. The summed E-state index contributed by atoms with van der Waals surface area (Å²) in [6, 6.07) is 7.37. The molecule has 1 saturated carbocycles. The van der Waals surface area contributed by atoms with Crippen molar-refractivity contribution in [3.05, 3.63) is 29.3 Å². The summed E-state index contributed by atoms with van der Waals surface area (Å²) < 4.78 is 0. The van der Waals surface area contributed by atoms with Crippen LogP contribution in [-0.2, 0) is 6.54 Å². The van der Waals surface area contributed by atoms with E-state index in [1.54, 1.807) is 0 Å². The van der Waals surface area contributed by atoms with Gasteiger partial charge in [0.15, 0.2) is 0 Å². The molecule has 0 bridgehead atoms. The van der Waals surface area contributed by atoms with Crippen molar-refractivity contribution in [2.75, 3.05) is 11.4 Å². The van der Waals surface area contributed by atoms with Gasteiger partial charge in [-0.25, -0.2) is 0 Å². The standard InChI is InChI=1S/C13H20N2/c1-3-15(12-5-6-12)13-7-4-11(9-14)8-10(13)2/h4,7-8,12H,3,5-6,9,14H2,1-2H3. The van der Waals surface area contributed by atoms with Gasteiger partial charge in [-0.3, -0.25) is 0 Å². The number of rotatable bonds is 4. The lowest BCUT2D eigenvalue weighted by atomic mass is 10.1. The lowest BCUT2D eigenvalue weighted by Gasteiger charge is -2.25. The van der Waals surface area contributed by atoms with E-state index in [0.717, 1.165) is 12.6 Å². The third-order valence-corrected chi connectivity index (χ3v) is 3.13. The van der Waals surface area contributed by atoms with E-state index in [2.05, 4.69) is 36.9 Å². The average Bonchev–Trinajstić information content (AvgIpc) is 3.05. The Labute approximate surface area is 92.1 Å². The van der Waals surface area contributed by atoms with Crippen molar-refractivity contribution >= 4 is 5.69 Å². The molecule has 0 spiro atoms. The summed E-state index contributed by atoms with van der Waals surface area (Å²) in [6.07, 6.45) is 2.71. The van der Waals surface area contributed by atoms with E-state index in [9.17, 15) is 0 Å². The highest BCUT2D eigenvalue weighted by atomic mass is 15.2. The normalized spacial score (nSPS) is 15.4. The van der Waals surface area contributed by atoms with E-state index >= 15 is 0 Å². The maximum absolute atomic E-state index is 5.64. The fourth-order valence-corrected chi connectivity index (χ4v) is 2.18. The van der Waals surface area contributed by atoms with Crippen LogP contribution in [0.5, 0.6) is 0 Å². The van der Waals surface area contributed by atoms with Crippen molar-refractivity contribution < 1.29 is 0 Å². The van der Waals surface area contributed by atoms with Gasteiger partial charge < -0.3 is 10.6 Å². The molecule has 1 fully saturated rings. The molecule has 0 amide bonds. The Hall–Kier alpha value is -1.02. The molecular weight excluding hydrogens is 184 g/mol. The van der Waals surface area contributed by atoms with Crippen LogP contribution in [-0.4, -0.2) is 12.6 Å². The first-order chi connectivity index (χ1) is 7.26. The van der Waals surface area contributed by atoms with Gasteiger partial charge in [0.25, 0.3) is 0 Å². The van der Waals surface area contributed by atoms with Gasteiger partial charge in [0.05, 0.1) is 0 Å². The van der Waals surface area contributed by atoms with Crippen LogP contribution in [0.15, 0.2) is 18.2 Å². The van der Waals surface area contributed by atoms with Crippen LogP contribution in [0.2, 0.25) is 0 Å². The average molecular weight is 204 g/mol. The molecule has 0 aliphatic heterocycles. The molecule has 0 aromatic heterocycles. The van der Waals surface area contributed by atoms with Crippen LogP contribution in [0.1, 0.15) is 30.9 Å². The highest BCUT2D eigenvalue weighted by Gasteiger charge is 2.28. The number of hydrogen-bond donors (Lipinski definition) is 1. The zero-order valence-corrected chi connectivity index (χ0v) is 9.66. The Morgan fingerprint density at radius 1 is 1.40 bits per heavy atom. The van der Waals surface area contributed by atoms with Crippen molar-refractivity contribution in [2.24, 2.45) is 5.73 Å². The van der Waals surface area contributed by atoms with Gasteiger partial charge in [-0.05, 0) is 43.9 Å². The van der Waals surface area contributed by atoms with E-state index in [4.69, 9.17) is 5.73 Å². The lowest BCUT2D eigenvalue weighted by Crippen LogP contribution is -2.25. The predicted octanol–water partition coefficient (Wildman–Crippen LogP) is 2.44. The van der Waals surface area contributed by atoms with E-state index in [1.165, 1.54) is 29.7 Å². The first kappa shape index (κ1) is 10.5. The largest absolute Gasteiger partial charge is 0.369 e. The third-order valence-electron chi connectivity index (χ3n) is 3.13. The highest BCUT2D eigenvalue weighted by molar-refractivity contribution is 5.56. The molecule has 2 rings (SSSR count). The van der Waals surface area contributed by atoms with Crippen molar-refractivity contribution in [2.45, 2.75) is 39.3 Å². The quantitative estimate of drug-likeness (QED) is 0.816. The third kappa shape index (κ3) is 2.15. The number of hydrogen-bond acceptors (Lipinski definition) is 2. The molecule has 2 heteroatoms. The maximum Gasteiger partial charge on any atom is 0.0398 e. The Balaban J connectivity index is 2.26.